The topological polar surface area (TPSA) is 56.0 Å². The van der Waals surface area contributed by atoms with Crippen LogP contribution in [0.25, 0.3) is 0 Å². The van der Waals surface area contributed by atoms with Crippen LogP contribution in [0.5, 0.6) is 0 Å². The molecule has 4 rings (SSSR count). The highest BCUT2D eigenvalue weighted by molar-refractivity contribution is 5.94. The van der Waals surface area contributed by atoms with Crippen molar-refractivity contribution in [2.45, 2.75) is 32.4 Å². The van der Waals surface area contributed by atoms with Crippen LogP contribution < -0.4 is 0 Å². The van der Waals surface area contributed by atoms with Gasteiger partial charge in [0.25, 0.3) is 5.91 Å². The molecule has 0 saturated carbocycles. The summed E-state index contributed by atoms with van der Waals surface area (Å²) in [6.45, 7) is 4.29. The number of aryl methyl sites for hydroxylation is 1. The molecular weight excluding hydrogens is 326 g/mol. The molecule has 1 fully saturated rings. The Hall–Kier alpha value is -2.89. The van der Waals surface area contributed by atoms with Gasteiger partial charge in [-0.15, -0.1) is 0 Å². The van der Waals surface area contributed by atoms with Gasteiger partial charge in [-0.2, -0.15) is 0 Å². The maximum absolute atomic E-state index is 13.0. The van der Waals surface area contributed by atoms with Crippen molar-refractivity contribution in [3.8, 4) is 0 Å². The number of likely N-dealkylation sites (tertiary alicyclic amines) is 1. The summed E-state index contributed by atoms with van der Waals surface area (Å²) in [5.74, 6) is 1.12. The number of benzene rings is 1. The van der Waals surface area contributed by atoms with Gasteiger partial charge >= 0.3 is 0 Å². The molecule has 0 N–H and O–H groups in total. The summed E-state index contributed by atoms with van der Waals surface area (Å²) in [5, 5.41) is 0. The fourth-order valence-corrected chi connectivity index (χ4v) is 3.72. The predicted molar refractivity (Wildman–Crippen MR) is 98.9 cm³/mol. The SMILES string of the molecule is Cc1nccn1[C@@H]1CCCN(C(=O)c2cccc(Cn3ccnc3)c2)C1. The number of rotatable bonds is 4. The molecule has 0 unspecified atom stereocenters. The van der Waals surface area contributed by atoms with E-state index in [4.69, 9.17) is 0 Å². The highest BCUT2D eigenvalue weighted by Crippen LogP contribution is 2.24. The molecule has 1 saturated heterocycles. The Morgan fingerprint density at radius 3 is 2.96 bits per heavy atom. The minimum Gasteiger partial charge on any atom is -0.337 e. The van der Waals surface area contributed by atoms with Crippen LogP contribution in [0.2, 0.25) is 0 Å². The van der Waals surface area contributed by atoms with E-state index in [9.17, 15) is 4.79 Å². The Bertz CT molecular complexity index is 883. The number of imidazole rings is 2. The molecule has 134 valence electrons. The van der Waals surface area contributed by atoms with Crippen LogP contribution in [-0.4, -0.2) is 43.0 Å². The van der Waals surface area contributed by atoms with Crippen LogP contribution >= 0.6 is 0 Å². The maximum Gasteiger partial charge on any atom is 0.253 e. The van der Waals surface area contributed by atoms with Crippen LogP contribution in [0.3, 0.4) is 0 Å². The molecule has 2 aromatic heterocycles. The molecule has 0 bridgehead atoms. The molecular formula is C20H23N5O. The summed E-state index contributed by atoms with van der Waals surface area (Å²) >= 11 is 0. The van der Waals surface area contributed by atoms with E-state index in [0.717, 1.165) is 49.4 Å². The number of hydrogen-bond donors (Lipinski definition) is 0. The fraction of sp³-hybridized carbons (Fsp3) is 0.350. The van der Waals surface area contributed by atoms with Gasteiger partial charge in [0.15, 0.2) is 0 Å². The van der Waals surface area contributed by atoms with Gasteiger partial charge in [-0.25, -0.2) is 9.97 Å². The lowest BCUT2D eigenvalue weighted by Gasteiger charge is -2.34. The summed E-state index contributed by atoms with van der Waals surface area (Å²) < 4.78 is 4.19. The van der Waals surface area contributed by atoms with E-state index in [1.807, 2.05) is 59.2 Å². The van der Waals surface area contributed by atoms with E-state index in [1.54, 1.807) is 12.5 Å². The third-order valence-corrected chi connectivity index (χ3v) is 5.04. The average Bonchev–Trinajstić information content (AvgIpc) is 3.33. The van der Waals surface area contributed by atoms with Crippen LogP contribution in [0.15, 0.2) is 55.4 Å². The zero-order valence-electron chi connectivity index (χ0n) is 15.0. The molecule has 6 heteroatoms. The first-order chi connectivity index (χ1) is 12.7. The van der Waals surface area contributed by atoms with Crippen molar-refractivity contribution in [1.82, 2.24) is 24.0 Å². The van der Waals surface area contributed by atoms with Gasteiger partial charge in [-0.05, 0) is 37.5 Å². The van der Waals surface area contributed by atoms with Gasteiger partial charge in [0.05, 0.1) is 12.4 Å². The minimum atomic E-state index is 0.111. The molecule has 1 aromatic carbocycles. The first kappa shape index (κ1) is 16.6. The maximum atomic E-state index is 13.0. The van der Waals surface area contributed by atoms with E-state index in [-0.39, 0.29) is 5.91 Å². The molecule has 0 radical (unpaired) electrons. The molecule has 0 spiro atoms. The quantitative estimate of drug-likeness (QED) is 0.728. The monoisotopic (exact) mass is 349 g/mol. The summed E-state index contributed by atoms with van der Waals surface area (Å²) in [5.41, 5.74) is 1.86. The zero-order chi connectivity index (χ0) is 17.9. The van der Waals surface area contributed by atoms with Gasteiger partial charge in [-0.3, -0.25) is 4.79 Å². The number of carbonyl (C=O) groups is 1. The molecule has 0 aliphatic carbocycles. The third kappa shape index (κ3) is 3.40. The van der Waals surface area contributed by atoms with Crippen LogP contribution in [-0.2, 0) is 6.54 Å². The number of hydrogen-bond acceptors (Lipinski definition) is 3. The van der Waals surface area contributed by atoms with E-state index in [1.165, 1.54) is 0 Å². The second-order valence-electron chi connectivity index (χ2n) is 6.86. The standard InChI is InChI=1S/C20H23N5O/c1-16-22-8-11-25(16)19-6-3-9-24(14-19)20(26)18-5-2-4-17(12-18)13-23-10-7-21-15-23/h2,4-5,7-8,10-12,15,19H,3,6,9,13-14H2,1H3/t19-/m1/s1. The lowest BCUT2D eigenvalue weighted by molar-refractivity contribution is 0.0678. The van der Waals surface area contributed by atoms with Gasteiger partial charge < -0.3 is 14.0 Å². The molecule has 3 aromatic rings. The van der Waals surface area contributed by atoms with Crippen molar-refractivity contribution in [2.24, 2.45) is 0 Å². The van der Waals surface area contributed by atoms with Gasteiger partial charge in [0.2, 0.25) is 0 Å². The van der Waals surface area contributed by atoms with E-state index in [0.29, 0.717) is 6.04 Å². The molecule has 1 aliphatic heterocycles. The number of amides is 1. The Morgan fingerprint density at radius 1 is 1.27 bits per heavy atom. The van der Waals surface area contributed by atoms with Crippen LogP contribution in [0, 0.1) is 6.92 Å². The minimum absolute atomic E-state index is 0.111. The smallest absolute Gasteiger partial charge is 0.253 e. The molecule has 1 aliphatic rings. The van der Waals surface area contributed by atoms with E-state index in [2.05, 4.69) is 14.5 Å². The average molecular weight is 349 g/mol. The first-order valence-electron chi connectivity index (χ1n) is 9.04. The molecule has 1 amide bonds. The summed E-state index contributed by atoms with van der Waals surface area (Å²) in [6.07, 6.45) is 11.4. The normalized spacial score (nSPS) is 17.4. The zero-order valence-corrected chi connectivity index (χ0v) is 15.0. The van der Waals surface area contributed by atoms with Crippen LogP contribution in [0.1, 0.15) is 40.6 Å². The van der Waals surface area contributed by atoms with Gasteiger partial charge in [0.1, 0.15) is 5.82 Å². The number of piperidine rings is 1. The Balaban J connectivity index is 1.49. The van der Waals surface area contributed by atoms with Crippen molar-refractivity contribution in [3.05, 3.63) is 72.3 Å². The molecule has 26 heavy (non-hydrogen) atoms. The number of nitrogens with zero attached hydrogens (tertiary/aromatic N) is 5. The molecule has 3 heterocycles. The highest BCUT2D eigenvalue weighted by Gasteiger charge is 2.26. The molecule has 6 nitrogen and oxygen atoms in total. The fourth-order valence-electron chi connectivity index (χ4n) is 3.72. The van der Waals surface area contributed by atoms with E-state index >= 15 is 0 Å². The van der Waals surface area contributed by atoms with Gasteiger partial charge in [0, 0.05) is 50.0 Å². The van der Waals surface area contributed by atoms with Gasteiger partial charge in [-0.1, -0.05) is 12.1 Å². The van der Waals surface area contributed by atoms with E-state index < -0.39 is 0 Å². The van der Waals surface area contributed by atoms with Crippen molar-refractivity contribution in [3.63, 3.8) is 0 Å². The van der Waals surface area contributed by atoms with Crippen molar-refractivity contribution >= 4 is 5.91 Å². The predicted octanol–water partition coefficient (Wildman–Crippen LogP) is 2.91. The number of carbonyl (C=O) groups excluding carboxylic acids is 1. The first-order valence-corrected chi connectivity index (χ1v) is 9.04. The summed E-state index contributed by atoms with van der Waals surface area (Å²) in [7, 11) is 0. The Morgan fingerprint density at radius 2 is 2.19 bits per heavy atom. The van der Waals surface area contributed by atoms with Crippen molar-refractivity contribution in [1.29, 1.82) is 0 Å². The summed E-state index contributed by atoms with van der Waals surface area (Å²) in [4.78, 5) is 23.4. The molecule has 1 atom stereocenters. The second kappa shape index (κ2) is 7.15. The lowest BCUT2D eigenvalue weighted by Crippen LogP contribution is -2.40. The summed E-state index contributed by atoms with van der Waals surface area (Å²) in [6, 6.07) is 8.22. The van der Waals surface area contributed by atoms with Crippen LogP contribution in [0.4, 0.5) is 0 Å². The van der Waals surface area contributed by atoms with Crippen molar-refractivity contribution < 1.29 is 4.79 Å². The highest BCUT2D eigenvalue weighted by atomic mass is 16.2. The lowest BCUT2D eigenvalue weighted by atomic mass is 10.0. The van der Waals surface area contributed by atoms with Crippen molar-refractivity contribution in [2.75, 3.05) is 13.1 Å². The number of aromatic nitrogens is 4. The Labute approximate surface area is 153 Å². The second-order valence-corrected chi connectivity index (χ2v) is 6.86. The largest absolute Gasteiger partial charge is 0.337 e. The Kier molecular flexibility index (Phi) is 4.56. The third-order valence-electron chi connectivity index (χ3n) is 5.04.